The second-order valence-corrected chi connectivity index (χ2v) is 5.84. The van der Waals surface area contributed by atoms with Gasteiger partial charge >= 0.3 is 5.97 Å². The molecule has 4 nitrogen and oxygen atoms in total. The number of aryl methyl sites for hydroxylation is 1. The minimum atomic E-state index is -0.830. The van der Waals surface area contributed by atoms with E-state index in [0.29, 0.717) is 24.5 Å². The van der Waals surface area contributed by atoms with Crippen molar-refractivity contribution >= 4 is 5.97 Å². The number of hydrogen-bond acceptors (Lipinski definition) is 3. The van der Waals surface area contributed by atoms with E-state index in [4.69, 9.17) is 9.47 Å². The van der Waals surface area contributed by atoms with Crippen LogP contribution in [-0.2, 0) is 11.2 Å². The lowest BCUT2D eigenvalue weighted by Gasteiger charge is -2.15. The van der Waals surface area contributed by atoms with Crippen molar-refractivity contribution in [3.63, 3.8) is 0 Å². The molecule has 0 saturated carbocycles. The van der Waals surface area contributed by atoms with Gasteiger partial charge in [-0.1, -0.05) is 42.8 Å². The van der Waals surface area contributed by atoms with Crippen molar-refractivity contribution < 1.29 is 19.4 Å². The molecule has 4 heteroatoms. The standard InChI is InChI=1S/C20H24O4/c1-4-11-24-18-10-7-15(13-19(18)23-3)12-17(20(21)22)16-8-5-14(2)6-9-16/h5-10,13,17H,4,11-12H2,1-3H3,(H,21,22). The first-order valence-electron chi connectivity index (χ1n) is 8.14. The second kappa shape index (κ2) is 8.39. The number of benzene rings is 2. The fourth-order valence-electron chi connectivity index (χ4n) is 2.55. The molecule has 1 N–H and O–H groups in total. The maximum atomic E-state index is 11.7. The molecule has 2 aromatic carbocycles. The van der Waals surface area contributed by atoms with E-state index in [1.807, 2.05) is 56.3 Å². The maximum Gasteiger partial charge on any atom is 0.311 e. The van der Waals surface area contributed by atoms with Gasteiger partial charge in [-0.15, -0.1) is 0 Å². The lowest BCUT2D eigenvalue weighted by atomic mass is 9.91. The summed E-state index contributed by atoms with van der Waals surface area (Å²) in [5.74, 6) is -0.0962. The van der Waals surface area contributed by atoms with Gasteiger partial charge in [0.1, 0.15) is 0 Å². The van der Waals surface area contributed by atoms with Crippen molar-refractivity contribution in [3.05, 3.63) is 59.2 Å². The van der Waals surface area contributed by atoms with Crippen LogP contribution in [0.1, 0.15) is 36.0 Å². The van der Waals surface area contributed by atoms with Crippen LogP contribution in [0, 0.1) is 6.92 Å². The molecule has 0 radical (unpaired) electrons. The monoisotopic (exact) mass is 328 g/mol. The van der Waals surface area contributed by atoms with E-state index in [1.165, 1.54) is 0 Å². The van der Waals surface area contributed by atoms with E-state index in [0.717, 1.165) is 23.1 Å². The summed E-state index contributed by atoms with van der Waals surface area (Å²) in [4.78, 5) is 11.7. The lowest BCUT2D eigenvalue weighted by Crippen LogP contribution is -2.14. The van der Waals surface area contributed by atoms with Gasteiger partial charge in [0, 0.05) is 0 Å². The third kappa shape index (κ3) is 4.51. The molecule has 0 aliphatic heterocycles. The third-order valence-electron chi connectivity index (χ3n) is 3.91. The summed E-state index contributed by atoms with van der Waals surface area (Å²) in [6, 6.07) is 13.2. The van der Waals surface area contributed by atoms with Crippen molar-refractivity contribution in [1.29, 1.82) is 0 Å². The molecule has 0 heterocycles. The van der Waals surface area contributed by atoms with Gasteiger partial charge in [-0.3, -0.25) is 4.79 Å². The van der Waals surface area contributed by atoms with Crippen LogP contribution in [0.15, 0.2) is 42.5 Å². The van der Waals surface area contributed by atoms with Crippen LogP contribution in [0.2, 0.25) is 0 Å². The van der Waals surface area contributed by atoms with E-state index in [2.05, 4.69) is 0 Å². The largest absolute Gasteiger partial charge is 0.493 e. The fourth-order valence-corrected chi connectivity index (χ4v) is 2.55. The average molecular weight is 328 g/mol. The SMILES string of the molecule is CCCOc1ccc(CC(C(=O)O)c2ccc(C)cc2)cc1OC. The van der Waals surface area contributed by atoms with Gasteiger partial charge in [0.15, 0.2) is 11.5 Å². The van der Waals surface area contributed by atoms with Crippen LogP contribution in [-0.4, -0.2) is 24.8 Å². The molecule has 0 amide bonds. The number of aliphatic carboxylic acids is 1. The van der Waals surface area contributed by atoms with E-state index in [9.17, 15) is 9.90 Å². The Balaban J connectivity index is 2.23. The predicted molar refractivity (Wildman–Crippen MR) is 94.0 cm³/mol. The first-order valence-corrected chi connectivity index (χ1v) is 8.14. The zero-order chi connectivity index (χ0) is 17.5. The highest BCUT2D eigenvalue weighted by molar-refractivity contribution is 5.76. The van der Waals surface area contributed by atoms with Crippen molar-refractivity contribution in [2.45, 2.75) is 32.6 Å². The van der Waals surface area contributed by atoms with E-state index < -0.39 is 11.9 Å². The maximum absolute atomic E-state index is 11.7. The molecular formula is C20H24O4. The highest BCUT2D eigenvalue weighted by Gasteiger charge is 2.21. The van der Waals surface area contributed by atoms with Crippen molar-refractivity contribution in [2.24, 2.45) is 0 Å². The number of carbonyl (C=O) groups is 1. The summed E-state index contributed by atoms with van der Waals surface area (Å²) >= 11 is 0. The summed E-state index contributed by atoms with van der Waals surface area (Å²) in [7, 11) is 1.59. The molecule has 0 saturated heterocycles. The zero-order valence-corrected chi connectivity index (χ0v) is 14.4. The topological polar surface area (TPSA) is 55.8 Å². The number of methoxy groups -OCH3 is 1. The molecule has 0 fully saturated rings. The molecule has 0 aliphatic rings. The van der Waals surface area contributed by atoms with Gasteiger partial charge < -0.3 is 14.6 Å². The second-order valence-electron chi connectivity index (χ2n) is 5.84. The van der Waals surface area contributed by atoms with Gasteiger partial charge in [-0.05, 0) is 43.0 Å². The number of hydrogen-bond donors (Lipinski definition) is 1. The van der Waals surface area contributed by atoms with Gasteiger partial charge in [0.2, 0.25) is 0 Å². The highest BCUT2D eigenvalue weighted by atomic mass is 16.5. The number of carboxylic acid groups (broad SMARTS) is 1. The average Bonchev–Trinajstić information content (AvgIpc) is 2.59. The molecule has 24 heavy (non-hydrogen) atoms. The number of ether oxygens (including phenoxy) is 2. The molecule has 0 spiro atoms. The minimum absolute atomic E-state index is 0.406. The smallest absolute Gasteiger partial charge is 0.311 e. The van der Waals surface area contributed by atoms with Gasteiger partial charge in [-0.25, -0.2) is 0 Å². The Morgan fingerprint density at radius 3 is 2.42 bits per heavy atom. The molecule has 2 rings (SSSR count). The van der Waals surface area contributed by atoms with Crippen molar-refractivity contribution in [1.82, 2.24) is 0 Å². The Morgan fingerprint density at radius 2 is 1.83 bits per heavy atom. The normalized spacial score (nSPS) is 11.8. The highest BCUT2D eigenvalue weighted by Crippen LogP contribution is 2.31. The summed E-state index contributed by atoms with van der Waals surface area (Å²) in [6.07, 6.45) is 1.32. The van der Waals surface area contributed by atoms with Crippen LogP contribution in [0.4, 0.5) is 0 Å². The number of rotatable bonds is 8. The van der Waals surface area contributed by atoms with Crippen molar-refractivity contribution in [3.8, 4) is 11.5 Å². The summed E-state index contributed by atoms with van der Waals surface area (Å²) in [5.41, 5.74) is 2.82. The Bertz CT molecular complexity index is 677. The zero-order valence-electron chi connectivity index (χ0n) is 14.4. The van der Waals surface area contributed by atoms with Gasteiger partial charge in [0.25, 0.3) is 0 Å². The van der Waals surface area contributed by atoms with Gasteiger partial charge in [-0.2, -0.15) is 0 Å². The molecular weight excluding hydrogens is 304 g/mol. The fraction of sp³-hybridized carbons (Fsp3) is 0.350. The Kier molecular flexibility index (Phi) is 6.24. The van der Waals surface area contributed by atoms with E-state index in [1.54, 1.807) is 7.11 Å². The molecule has 128 valence electrons. The molecule has 1 unspecified atom stereocenters. The number of carboxylic acids is 1. The summed E-state index contributed by atoms with van der Waals surface area (Å²) in [6.45, 7) is 4.65. The van der Waals surface area contributed by atoms with Crippen LogP contribution < -0.4 is 9.47 Å². The summed E-state index contributed by atoms with van der Waals surface area (Å²) < 4.78 is 11.0. The first kappa shape index (κ1) is 17.9. The molecule has 0 bridgehead atoms. The van der Waals surface area contributed by atoms with Crippen LogP contribution in [0.3, 0.4) is 0 Å². The quantitative estimate of drug-likeness (QED) is 0.789. The molecule has 2 aromatic rings. The van der Waals surface area contributed by atoms with Crippen LogP contribution >= 0.6 is 0 Å². The molecule has 0 aliphatic carbocycles. The van der Waals surface area contributed by atoms with Crippen LogP contribution in [0.5, 0.6) is 11.5 Å². The third-order valence-corrected chi connectivity index (χ3v) is 3.91. The lowest BCUT2D eigenvalue weighted by molar-refractivity contribution is -0.138. The Labute approximate surface area is 143 Å². The van der Waals surface area contributed by atoms with Crippen LogP contribution in [0.25, 0.3) is 0 Å². The van der Waals surface area contributed by atoms with Crippen molar-refractivity contribution in [2.75, 3.05) is 13.7 Å². The molecule has 0 aromatic heterocycles. The predicted octanol–water partition coefficient (Wildman–Crippen LogP) is 4.20. The molecule has 1 atom stereocenters. The summed E-state index contributed by atoms with van der Waals surface area (Å²) in [5, 5.41) is 9.60. The Hall–Kier alpha value is -2.49. The minimum Gasteiger partial charge on any atom is -0.493 e. The first-order chi connectivity index (χ1) is 11.5. The van der Waals surface area contributed by atoms with E-state index in [-0.39, 0.29) is 0 Å². The van der Waals surface area contributed by atoms with Gasteiger partial charge in [0.05, 0.1) is 19.6 Å². The Morgan fingerprint density at radius 1 is 1.12 bits per heavy atom. The van der Waals surface area contributed by atoms with E-state index >= 15 is 0 Å².